The van der Waals surface area contributed by atoms with Crippen LogP contribution in [0.25, 0.3) is 0 Å². The highest BCUT2D eigenvalue weighted by molar-refractivity contribution is 9.10. The van der Waals surface area contributed by atoms with Gasteiger partial charge in [-0.1, -0.05) is 17.7 Å². The van der Waals surface area contributed by atoms with Crippen molar-refractivity contribution >= 4 is 44.6 Å². The quantitative estimate of drug-likeness (QED) is 0.699. The Morgan fingerprint density at radius 2 is 2.21 bits per heavy atom. The monoisotopic (exact) mass is 355 g/mol. The minimum Gasteiger partial charge on any atom is -0.377 e. The number of halogens is 2. The van der Waals surface area contributed by atoms with Crippen molar-refractivity contribution in [1.29, 1.82) is 0 Å². The highest BCUT2D eigenvalue weighted by atomic mass is 79.9. The summed E-state index contributed by atoms with van der Waals surface area (Å²) in [5.74, 6) is 0. The summed E-state index contributed by atoms with van der Waals surface area (Å²) in [6.07, 6.45) is 3.56. The molecule has 1 aliphatic carbocycles. The van der Waals surface area contributed by atoms with Gasteiger partial charge in [-0.25, -0.2) is 0 Å². The summed E-state index contributed by atoms with van der Waals surface area (Å²) >= 11 is 11.5. The first-order valence-corrected chi connectivity index (χ1v) is 8.43. The highest BCUT2D eigenvalue weighted by Gasteiger charge is 2.23. The van der Waals surface area contributed by atoms with E-state index in [2.05, 4.69) is 52.4 Å². The summed E-state index contributed by atoms with van der Waals surface area (Å²) in [6.45, 7) is 2.12. The van der Waals surface area contributed by atoms with Crippen LogP contribution in [0.15, 0.2) is 28.7 Å². The van der Waals surface area contributed by atoms with E-state index in [1.807, 2.05) is 0 Å². The van der Waals surface area contributed by atoms with Crippen molar-refractivity contribution < 1.29 is 0 Å². The Bertz CT molecular complexity index is 608. The van der Waals surface area contributed by atoms with Crippen LogP contribution in [0.4, 0.5) is 5.69 Å². The number of thiophene rings is 1. The normalized spacial score (nSPS) is 18.2. The molecular formula is C15H15BrClNS. The van der Waals surface area contributed by atoms with Gasteiger partial charge in [-0.15, -0.1) is 11.3 Å². The average Bonchev–Trinajstić information content (AvgIpc) is 2.75. The molecule has 1 N–H and O–H groups in total. The van der Waals surface area contributed by atoms with Gasteiger partial charge in [0, 0.05) is 15.0 Å². The van der Waals surface area contributed by atoms with Crippen LogP contribution in [0.1, 0.15) is 34.9 Å². The first-order chi connectivity index (χ1) is 9.13. The molecule has 0 fully saturated rings. The molecule has 0 saturated carbocycles. The van der Waals surface area contributed by atoms with Gasteiger partial charge in [-0.3, -0.25) is 0 Å². The second kappa shape index (κ2) is 5.47. The van der Waals surface area contributed by atoms with Gasteiger partial charge in [0.2, 0.25) is 0 Å². The Kier molecular flexibility index (Phi) is 3.88. The minimum absolute atomic E-state index is 0.380. The fourth-order valence-corrected chi connectivity index (χ4v) is 4.35. The third-order valence-electron chi connectivity index (χ3n) is 3.54. The maximum absolute atomic E-state index is 6.16. The molecule has 100 valence electrons. The fraction of sp³-hybridized carbons (Fsp3) is 0.333. The third kappa shape index (κ3) is 2.83. The zero-order chi connectivity index (χ0) is 13.4. The van der Waals surface area contributed by atoms with Gasteiger partial charge >= 0.3 is 0 Å². The van der Waals surface area contributed by atoms with E-state index >= 15 is 0 Å². The molecule has 19 heavy (non-hydrogen) atoms. The van der Waals surface area contributed by atoms with Crippen LogP contribution in [0.3, 0.4) is 0 Å². The van der Waals surface area contributed by atoms with Gasteiger partial charge in [-0.05, 0) is 71.4 Å². The molecule has 1 unspecified atom stereocenters. The lowest BCUT2D eigenvalue weighted by atomic mass is 9.94. The summed E-state index contributed by atoms with van der Waals surface area (Å²) < 4.78 is 2.02. The van der Waals surface area contributed by atoms with E-state index in [9.17, 15) is 0 Å². The summed E-state index contributed by atoms with van der Waals surface area (Å²) in [6, 6.07) is 8.91. The van der Waals surface area contributed by atoms with Crippen LogP contribution in [0.5, 0.6) is 0 Å². The van der Waals surface area contributed by atoms with Crippen molar-refractivity contribution in [3.63, 3.8) is 0 Å². The van der Waals surface area contributed by atoms with Crippen LogP contribution in [-0.2, 0) is 6.42 Å². The first kappa shape index (κ1) is 13.5. The zero-order valence-corrected chi connectivity index (χ0v) is 13.8. The molecule has 0 spiro atoms. The Labute approximate surface area is 131 Å². The summed E-state index contributed by atoms with van der Waals surface area (Å²) in [4.78, 5) is 1.44. The highest BCUT2D eigenvalue weighted by Crippen LogP contribution is 2.40. The van der Waals surface area contributed by atoms with E-state index in [1.54, 1.807) is 11.3 Å². The van der Waals surface area contributed by atoms with E-state index in [-0.39, 0.29) is 0 Å². The lowest BCUT2D eigenvalue weighted by molar-refractivity contribution is 0.608. The molecule has 4 heteroatoms. The third-order valence-corrected chi connectivity index (χ3v) is 5.57. The largest absolute Gasteiger partial charge is 0.377 e. The van der Waals surface area contributed by atoms with Gasteiger partial charge in [0.15, 0.2) is 0 Å². The van der Waals surface area contributed by atoms with Crippen molar-refractivity contribution in [3.8, 4) is 0 Å². The van der Waals surface area contributed by atoms with Crippen molar-refractivity contribution in [3.05, 3.63) is 49.1 Å². The minimum atomic E-state index is 0.380. The molecular weight excluding hydrogens is 342 g/mol. The lowest BCUT2D eigenvalue weighted by Crippen LogP contribution is -2.15. The molecule has 0 aliphatic heterocycles. The maximum atomic E-state index is 6.16. The Morgan fingerprint density at radius 1 is 1.37 bits per heavy atom. The molecule has 0 saturated heterocycles. The second-order valence-corrected chi connectivity index (χ2v) is 7.62. The standard InChI is InChI=1S/C15H15BrClNS/c1-9-5-6-11(16)13(7-9)18-12-3-2-4-14-10(12)8-15(17)19-14/h5-8,12,18H,2-4H2,1H3. The first-order valence-electron chi connectivity index (χ1n) is 6.44. The van der Waals surface area contributed by atoms with E-state index in [1.165, 1.54) is 41.0 Å². The molecule has 0 bridgehead atoms. The van der Waals surface area contributed by atoms with E-state index in [0.29, 0.717) is 6.04 Å². The number of hydrogen-bond acceptors (Lipinski definition) is 2. The molecule has 0 radical (unpaired) electrons. The summed E-state index contributed by atoms with van der Waals surface area (Å²) in [5.41, 5.74) is 3.82. The SMILES string of the molecule is Cc1ccc(Br)c(NC2CCCc3sc(Cl)cc32)c1. The molecule has 1 heterocycles. The molecule has 3 rings (SSSR count). The molecule has 1 aromatic carbocycles. The number of aryl methyl sites for hydroxylation is 2. The zero-order valence-electron chi connectivity index (χ0n) is 10.7. The van der Waals surface area contributed by atoms with Crippen molar-refractivity contribution in [1.82, 2.24) is 0 Å². The topological polar surface area (TPSA) is 12.0 Å². The van der Waals surface area contributed by atoms with Gasteiger partial charge in [0.05, 0.1) is 10.4 Å². The van der Waals surface area contributed by atoms with Crippen molar-refractivity contribution in [2.24, 2.45) is 0 Å². The van der Waals surface area contributed by atoms with E-state index < -0.39 is 0 Å². The Balaban J connectivity index is 1.90. The second-order valence-electron chi connectivity index (χ2n) is 5.00. The van der Waals surface area contributed by atoms with Crippen molar-refractivity contribution in [2.75, 3.05) is 5.32 Å². The molecule has 1 aromatic heterocycles. The molecule has 1 atom stereocenters. The predicted molar refractivity (Wildman–Crippen MR) is 87.5 cm³/mol. The number of anilines is 1. The fourth-order valence-electron chi connectivity index (χ4n) is 2.61. The smallest absolute Gasteiger partial charge is 0.0934 e. The van der Waals surface area contributed by atoms with Gasteiger partial charge < -0.3 is 5.32 Å². The average molecular weight is 357 g/mol. The van der Waals surface area contributed by atoms with Gasteiger partial charge in [0.25, 0.3) is 0 Å². The van der Waals surface area contributed by atoms with Crippen LogP contribution in [0, 0.1) is 6.92 Å². The molecule has 1 nitrogen and oxygen atoms in total. The molecule has 2 aromatic rings. The van der Waals surface area contributed by atoms with Crippen LogP contribution < -0.4 is 5.32 Å². The van der Waals surface area contributed by atoms with Gasteiger partial charge in [-0.2, -0.15) is 0 Å². The maximum Gasteiger partial charge on any atom is 0.0934 e. The number of fused-ring (bicyclic) bond motifs is 1. The van der Waals surface area contributed by atoms with Crippen LogP contribution in [0.2, 0.25) is 4.34 Å². The Morgan fingerprint density at radius 3 is 3.05 bits per heavy atom. The summed E-state index contributed by atoms with van der Waals surface area (Å²) in [5, 5.41) is 3.66. The Hall–Kier alpha value is -0.510. The number of benzene rings is 1. The molecule has 1 aliphatic rings. The van der Waals surface area contributed by atoms with E-state index in [4.69, 9.17) is 11.6 Å². The predicted octanol–water partition coefficient (Wildman–Crippen LogP) is 5.96. The molecule has 0 amide bonds. The number of hydrogen-bond donors (Lipinski definition) is 1. The van der Waals surface area contributed by atoms with Crippen LogP contribution >= 0.6 is 38.9 Å². The number of rotatable bonds is 2. The number of nitrogens with one attached hydrogen (secondary N) is 1. The van der Waals surface area contributed by atoms with Crippen molar-refractivity contribution in [2.45, 2.75) is 32.2 Å². The van der Waals surface area contributed by atoms with E-state index in [0.717, 1.165) is 8.81 Å². The lowest BCUT2D eigenvalue weighted by Gasteiger charge is -2.25. The van der Waals surface area contributed by atoms with Crippen LogP contribution in [-0.4, -0.2) is 0 Å². The van der Waals surface area contributed by atoms with Gasteiger partial charge in [0.1, 0.15) is 0 Å². The summed E-state index contributed by atoms with van der Waals surface area (Å²) in [7, 11) is 0.